The van der Waals surface area contributed by atoms with E-state index in [1.165, 1.54) is 0 Å². The van der Waals surface area contributed by atoms with Crippen molar-refractivity contribution in [2.45, 2.75) is 0 Å². The molecule has 0 aliphatic heterocycles. The van der Waals surface area contributed by atoms with Gasteiger partial charge in [-0.3, -0.25) is 0 Å². The van der Waals surface area contributed by atoms with Crippen LogP contribution < -0.4 is 0 Å². The van der Waals surface area contributed by atoms with Crippen LogP contribution in [0.5, 0.6) is 0 Å². The highest BCUT2D eigenvalue weighted by Gasteiger charge is 2.17. The third-order valence-electron chi connectivity index (χ3n) is 3.80. The lowest BCUT2D eigenvalue weighted by atomic mass is 10.1. The summed E-state index contributed by atoms with van der Waals surface area (Å²) in [5.41, 5.74) is 3.77. The fourth-order valence-electron chi connectivity index (χ4n) is 2.61. The smallest absolute Gasteiger partial charge is 0.227 e. The summed E-state index contributed by atoms with van der Waals surface area (Å²) in [6.07, 6.45) is 0. The van der Waals surface area contributed by atoms with Crippen molar-refractivity contribution in [2.75, 3.05) is 0 Å². The minimum Gasteiger partial charge on any atom is -0.435 e. The van der Waals surface area contributed by atoms with Crippen LogP contribution in [0.1, 0.15) is 0 Å². The molecule has 0 N–H and O–H groups in total. The molecule has 3 heteroatoms. The van der Waals surface area contributed by atoms with Gasteiger partial charge in [0, 0.05) is 21.7 Å². The highest BCUT2D eigenvalue weighted by molar-refractivity contribution is 6.30. The van der Waals surface area contributed by atoms with Crippen molar-refractivity contribution < 1.29 is 4.42 Å². The van der Waals surface area contributed by atoms with Crippen LogP contribution in [0.4, 0.5) is 0 Å². The molecule has 0 bridgehead atoms. The number of nitrogens with zero attached hydrogens (tertiary/aromatic N) is 1. The second-order valence-corrected chi connectivity index (χ2v) is 5.87. The van der Waals surface area contributed by atoms with Crippen molar-refractivity contribution in [1.29, 1.82) is 0 Å². The summed E-state index contributed by atoms with van der Waals surface area (Å²) < 4.78 is 6.13. The third kappa shape index (κ3) is 2.84. The Hall–Kier alpha value is -2.84. The molecule has 116 valence electrons. The van der Waals surface area contributed by atoms with E-state index in [4.69, 9.17) is 21.0 Å². The molecule has 0 spiro atoms. The second-order valence-electron chi connectivity index (χ2n) is 5.44. The topological polar surface area (TPSA) is 26.0 Å². The Morgan fingerprint density at radius 3 is 1.83 bits per heavy atom. The molecule has 4 rings (SSSR count). The average molecular weight is 332 g/mol. The van der Waals surface area contributed by atoms with Crippen molar-refractivity contribution in [3.8, 4) is 34.0 Å². The van der Waals surface area contributed by atoms with E-state index in [1.54, 1.807) is 0 Å². The predicted octanol–water partition coefficient (Wildman–Crippen LogP) is 6.33. The fourth-order valence-corrected chi connectivity index (χ4v) is 2.74. The summed E-state index contributed by atoms with van der Waals surface area (Å²) >= 11 is 5.98. The number of oxazole rings is 1. The number of hydrogen-bond acceptors (Lipinski definition) is 2. The maximum Gasteiger partial charge on any atom is 0.227 e. The Morgan fingerprint density at radius 1 is 0.625 bits per heavy atom. The van der Waals surface area contributed by atoms with E-state index in [0.717, 1.165) is 28.1 Å². The molecule has 0 saturated heterocycles. The number of hydrogen-bond donors (Lipinski definition) is 0. The van der Waals surface area contributed by atoms with Crippen LogP contribution in [-0.4, -0.2) is 4.98 Å². The molecule has 3 aromatic carbocycles. The third-order valence-corrected chi connectivity index (χ3v) is 4.05. The predicted molar refractivity (Wildman–Crippen MR) is 97.8 cm³/mol. The molecule has 1 aromatic heterocycles. The maximum absolute atomic E-state index is 6.13. The van der Waals surface area contributed by atoms with E-state index < -0.39 is 0 Å². The van der Waals surface area contributed by atoms with Crippen molar-refractivity contribution in [3.05, 3.63) is 90.0 Å². The van der Waals surface area contributed by atoms with Gasteiger partial charge in [0.1, 0.15) is 5.69 Å². The van der Waals surface area contributed by atoms with Crippen LogP contribution in [0.15, 0.2) is 89.3 Å². The standard InChI is InChI=1S/C21H14ClNO/c22-18-13-11-17(12-14-18)21-23-19(15-7-3-1-4-8-15)20(24-21)16-9-5-2-6-10-16/h1-14H. The Labute approximate surface area is 145 Å². The first-order chi connectivity index (χ1) is 11.8. The zero-order valence-corrected chi connectivity index (χ0v) is 13.6. The normalized spacial score (nSPS) is 10.7. The van der Waals surface area contributed by atoms with Crippen molar-refractivity contribution in [3.63, 3.8) is 0 Å². The molecular formula is C21H14ClNO. The van der Waals surface area contributed by atoms with Crippen molar-refractivity contribution >= 4 is 11.6 Å². The van der Waals surface area contributed by atoms with E-state index in [0.29, 0.717) is 10.9 Å². The van der Waals surface area contributed by atoms with E-state index in [-0.39, 0.29) is 0 Å². The molecule has 4 aromatic rings. The lowest BCUT2D eigenvalue weighted by Gasteiger charge is -2.00. The minimum absolute atomic E-state index is 0.587. The van der Waals surface area contributed by atoms with E-state index >= 15 is 0 Å². The lowest BCUT2D eigenvalue weighted by Crippen LogP contribution is -1.82. The van der Waals surface area contributed by atoms with Gasteiger partial charge in [0.25, 0.3) is 0 Å². The van der Waals surface area contributed by atoms with E-state index in [9.17, 15) is 0 Å². The largest absolute Gasteiger partial charge is 0.435 e. The Kier molecular flexibility index (Phi) is 3.89. The first-order valence-corrected chi connectivity index (χ1v) is 8.07. The SMILES string of the molecule is Clc1ccc(-c2nc(-c3ccccc3)c(-c3ccccc3)o2)cc1. The van der Waals surface area contributed by atoms with Crippen LogP contribution in [0.3, 0.4) is 0 Å². The van der Waals surface area contributed by atoms with Gasteiger partial charge in [-0.2, -0.15) is 0 Å². The zero-order valence-electron chi connectivity index (χ0n) is 12.8. The molecule has 2 nitrogen and oxygen atoms in total. The van der Waals surface area contributed by atoms with Crippen LogP contribution in [-0.2, 0) is 0 Å². The Bertz CT molecular complexity index is 887. The van der Waals surface area contributed by atoms with Gasteiger partial charge in [0.15, 0.2) is 5.76 Å². The molecular weight excluding hydrogens is 318 g/mol. The highest BCUT2D eigenvalue weighted by Crippen LogP contribution is 2.35. The summed E-state index contributed by atoms with van der Waals surface area (Å²) in [7, 11) is 0. The first kappa shape index (κ1) is 14.7. The minimum atomic E-state index is 0.587. The molecule has 0 saturated carbocycles. The zero-order chi connectivity index (χ0) is 16.4. The highest BCUT2D eigenvalue weighted by atomic mass is 35.5. The molecule has 1 heterocycles. The van der Waals surface area contributed by atoms with Gasteiger partial charge in [0.2, 0.25) is 5.89 Å². The number of benzene rings is 3. The summed E-state index contributed by atoms with van der Waals surface area (Å²) in [6, 6.07) is 27.6. The van der Waals surface area contributed by atoms with Gasteiger partial charge >= 0.3 is 0 Å². The first-order valence-electron chi connectivity index (χ1n) is 7.69. The van der Waals surface area contributed by atoms with Gasteiger partial charge in [-0.05, 0) is 24.3 Å². The molecule has 0 radical (unpaired) electrons. The number of aromatic nitrogens is 1. The van der Waals surface area contributed by atoms with Crippen LogP contribution in [0.25, 0.3) is 34.0 Å². The molecule has 0 unspecified atom stereocenters. The molecule has 0 amide bonds. The van der Waals surface area contributed by atoms with Gasteiger partial charge < -0.3 is 4.42 Å². The van der Waals surface area contributed by atoms with Crippen LogP contribution >= 0.6 is 11.6 Å². The summed E-state index contributed by atoms with van der Waals surface area (Å²) in [6.45, 7) is 0. The summed E-state index contributed by atoms with van der Waals surface area (Å²) in [5, 5.41) is 0.692. The fraction of sp³-hybridized carbons (Fsp3) is 0. The number of rotatable bonds is 3. The molecule has 0 atom stereocenters. The molecule has 0 aliphatic rings. The van der Waals surface area contributed by atoms with Gasteiger partial charge in [-0.15, -0.1) is 0 Å². The van der Waals surface area contributed by atoms with Crippen molar-refractivity contribution in [1.82, 2.24) is 4.98 Å². The van der Waals surface area contributed by atoms with Crippen molar-refractivity contribution in [2.24, 2.45) is 0 Å². The summed E-state index contributed by atoms with van der Waals surface area (Å²) in [5.74, 6) is 1.36. The van der Waals surface area contributed by atoms with E-state index in [1.807, 2.05) is 84.9 Å². The quantitative estimate of drug-likeness (QED) is 0.438. The Morgan fingerprint density at radius 2 is 1.21 bits per heavy atom. The lowest BCUT2D eigenvalue weighted by molar-refractivity contribution is 0.589. The second kappa shape index (κ2) is 6.34. The van der Waals surface area contributed by atoms with E-state index in [2.05, 4.69) is 0 Å². The van der Waals surface area contributed by atoms with Crippen LogP contribution in [0.2, 0.25) is 5.02 Å². The Balaban J connectivity index is 1.89. The average Bonchev–Trinajstić information content (AvgIpc) is 3.09. The van der Waals surface area contributed by atoms with Gasteiger partial charge in [-0.25, -0.2) is 4.98 Å². The molecule has 24 heavy (non-hydrogen) atoms. The monoisotopic (exact) mass is 331 g/mol. The van der Waals surface area contributed by atoms with Gasteiger partial charge in [-0.1, -0.05) is 72.3 Å². The maximum atomic E-state index is 6.13. The van der Waals surface area contributed by atoms with Gasteiger partial charge in [0.05, 0.1) is 0 Å². The molecule has 0 fully saturated rings. The van der Waals surface area contributed by atoms with Crippen LogP contribution in [0, 0.1) is 0 Å². The molecule has 0 aliphatic carbocycles. The number of halogens is 1. The summed E-state index contributed by atoms with van der Waals surface area (Å²) in [4.78, 5) is 4.75.